The van der Waals surface area contributed by atoms with Crippen molar-refractivity contribution in [1.82, 2.24) is 0 Å². The molecule has 0 bridgehead atoms. The Morgan fingerprint density at radius 1 is 1.25 bits per heavy atom. The number of amides is 1. The molecule has 104 valence electrons. The Morgan fingerprint density at radius 3 is 2.80 bits per heavy atom. The molecule has 2 aromatic rings. The molecule has 20 heavy (non-hydrogen) atoms. The summed E-state index contributed by atoms with van der Waals surface area (Å²) in [6.45, 7) is 0. The number of fused-ring (bicyclic) bond motifs is 1. The van der Waals surface area contributed by atoms with E-state index >= 15 is 0 Å². The number of carbonyl (C=O) groups excluding carboxylic acids is 1. The predicted octanol–water partition coefficient (Wildman–Crippen LogP) is 4.67. The minimum absolute atomic E-state index is 0.182. The number of aryl methyl sites for hydroxylation is 2. The standard InChI is InChI=1S/C15H13ClFNOS/c16-11-8-10(17)5-6-12(11)18-15(19)14-7-9-3-1-2-4-13(9)20-14/h5-8H,1-4H2,(H,18,19). The number of hydrogen-bond donors (Lipinski definition) is 1. The first-order valence-electron chi connectivity index (χ1n) is 6.51. The lowest BCUT2D eigenvalue weighted by atomic mass is 9.99. The van der Waals surface area contributed by atoms with Gasteiger partial charge in [0.15, 0.2) is 0 Å². The Morgan fingerprint density at radius 2 is 2.05 bits per heavy atom. The highest BCUT2D eigenvalue weighted by atomic mass is 35.5. The zero-order valence-corrected chi connectivity index (χ0v) is 12.3. The smallest absolute Gasteiger partial charge is 0.265 e. The van der Waals surface area contributed by atoms with Crippen LogP contribution in [0.2, 0.25) is 5.02 Å². The van der Waals surface area contributed by atoms with Crippen molar-refractivity contribution >= 4 is 34.5 Å². The molecule has 1 N–H and O–H groups in total. The minimum Gasteiger partial charge on any atom is -0.320 e. The monoisotopic (exact) mass is 309 g/mol. The van der Waals surface area contributed by atoms with Crippen LogP contribution in [0.3, 0.4) is 0 Å². The Kier molecular flexibility index (Phi) is 3.76. The number of rotatable bonds is 2. The Labute approximate surface area is 125 Å². The first kappa shape index (κ1) is 13.6. The van der Waals surface area contributed by atoms with Gasteiger partial charge in [-0.2, -0.15) is 0 Å². The second kappa shape index (κ2) is 5.54. The molecule has 1 aliphatic rings. The van der Waals surface area contributed by atoms with Crippen LogP contribution < -0.4 is 5.32 Å². The zero-order valence-electron chi connectivity index (χ0n) is 10.7. The molecule has 0 spiro atoms. The van der Waals surface area contributed by atoms with Crippen LogP contribution in [0.4, 0.5) is 10.1 Å². The quantitative estimate of drug-likeness (QED) is 0.858. The topological polar surface area (TPSA) is 29.1 Å². The van der Waals surface area contributed by atoms with E-state index in [-0.39, 0.29) is 10.9 Å². The summed E-state index contributed by atoms with van der Waals surface area (Å²) in [5.74, 6) is -0.600. The molecule has 0 saturated heterocycles. The van der Waals surface area contributed by atoms with E-state index in [9.17, 15) is 9.18 Å². The second-order valence-corrected chi connectivity index (χ2v) is 6.39. The van der Waals surface area contributed by atoms with Crippen LogP contribution in [0.25, 0.3) is 0 Å². The van der Waals surface area contributed by atoms with Gasteiger partial charge < -0.3 is 5.32 Å². The van der Waals surface area contributed by atoms with E-state index in [4.69, 9.17) is 11.6 Å². The molecule has 5 heteroatoms. The Bertz CT molecular complexity index is 644. The van der Waals surface area contributed by atoms with E-state index < -0.39 is 5.82 Å². The maximum atomic E-state index is 13.0. The van der Waals surface area contributed by atoms with Crippen molar-refractivity contribution in [2.45, 2.75) is 25.7 Å². The summed E-state index contributed by atoms with van der Waals surface area (Å²) < 4.78 is 13.0. The number of benzene rings is 1. The molecule has 1 aliphatic carbocycles. The third kappa shape index (κ3) is 2.72. The van der Waals surface area contributed by atoms with Crippen molar-refractivity contribution in [3.8, 4) is 0 Å². The number of halogens is 2. The van der Waals surface area contributed by atoms with Gasteiger partial charge in [0, 0.05) is 4.88 Å². The maximum absolute atomic E-state index is 13.0. The lowest BCUT2D eigenvalue weighted by Gasteiger charge is -2.08. The highest BCUT2D eigenvalue weighted by Crippen LogP contribution is 2.30. The average molecular weight is 310 g/mol. The van der Waals surface area contributed by atoms with Crippen molar-refractivity contribution in [2.75, 3.05) is 5.32 Å². The van der Waals surface area contributed by atoms with Crippen molar-refractivity contribution < 1.29 is 9.18 Å². The van der Waals surface area contributed by atoms with Gasteiger partial charge in [-0.15, -0.1) is 11.3 Å². The first-order valence-corrected chi connectivity index (χ1v) is 7.71. The van der Waals surface area contributed by atoms with E-state index in [2.05, 4.69) is 5.32 Å². The van der Waals surface area contributed by atoms with Gasteiger partial charge in [-0.1, -0.05) is 11.6 Å². The van der Waals surface area contributed by atoms with Crippen LogP contribution in [0.5, 0.6) is 0 Å². The highest BCUT2D eigenvalue weighted by Gasteiger charge is 2.17. The first-order chi connectivity index (χ1) is 9.63. The zero-order chi connectivity index (χ0) is 14.1. The average Bonchev–Trinajstić information content (AvgIpc) is 2.86. The fourth-order valence-electron chi connectivity index (χ4n) is 2.38. The molecule has 0 unspecified atom stereocenters. The van der Waals surface area contributed by atoms with Crippen LogP contribution in [-0.2, 0) is 12.8 Å². The Balaban J connectivity index is 1.80. The summed E-state index contributed by atoms with van der Waals surface area (Å²) in [5, 5.41) is 2.94. The molecule has 1 heterocycles. The van der Waals surface area contributed by atoms with Crippen LogP contribution in [0, 0.1) is 5.82 Å². The summed E-state index contributed by atoms with van der Waals surface area (Å²) in [5.41, 5.74) is 1.72. The fraction of sp³-hybridized carbons (Fsp3) is 0.267. The SMILES string of the molecule is O=C(Nc1ccc(F)cc1Cl)c1cc2c(s1)CCCC2. The molecule has 1 aromatic carbocycles. The summed E-state index contributed by atoms with van der Waals surface area (Å²) in [7, 11) is 0. The largest absolute Gasteiger partial charge is 0.320 e. The van der Waals surface area contributed by atoms with Gasteiger partial charge >= 0.3 is 0 Å². The Hall–Kier alpha value is -1.39. The lowest BCUT2D eigenvalue weighted by Crippen LogP contribution is -2.10. The van der Waals surface area contributed by atoms with Crippen molar-refractivity contribution in [1.29, 1.82) is 0 Å². The molecule has 0 saturated carbocycles. The van der Waals surface area contributed by atoms with Gasteiger partial charge in [0.1, 0.15) is 5.82 Å². The normalized spacial score (nSPS) is 13.9. The third-order valence-electron chi connectivity index (χ3n) is 3.40. The van der Waals surface area contributed by atoms with Crippen molar-refractivity contribution in [3.63, 3.8) is 0 Å². The van der Waals surface area contributed by atoms with Crippen LogP contribution >= 0.6 is 22.9 Å². The van der Waals surface area contributed by atoms with E-state index in [1.165, 1.54) is 41.5 Å². The third-order valence-corrected chi connectivity index (χ3v) is 4.95. The number of nitrogens with one attached hydrogen (secondary N) is 1. The number of thiophene rings is 1. The number of carbonyl (C=O) groups is 1. The summed E-state index contributed by atoms with van der Waals surface area (Å²) in [6, 6.07) is 5.91. The van der Waals surface area contributed by atoms with Gasteiger partial charge in [0.25, 0.3) is 5.91 Å². The molecule has 1 aromatic heterocycles. The van der Waals surface area contributed by atoms with Gasteiger partial charge in [0.2, 0.25) is 0 Å². The van der Waals surface area contributed by atoms with E-state index in [0.29, 0.717) is 10.6 Å². The molecule has 0 fully saturated rings. The molecule has 3 rings (SSSR count). The number of hydrogen-bond acceptors (Lipinski definition) is 2. The van der Waals surface area contributed by atoms with Crippen molar-refractivity contribution in [2.24, 2.45) is 0 Å². The summed E-state index contributed by atoms with van der Waals surface area (Å²) in [6.07, 6.45) is 4.49. The van der Waals surface area contributed by atoms with Crippen LogP contribution in [-0.4, -0.2) is 5.91 Å². The second-order valence-electron chi connectivity index (χ2n) is 4.84. The molecular weight excluding hydrogens is 297 g/mol. The molecule has 2 nitrogen and oxygen atoms in total. The van der Waals surface area contributed by atoms with Gasteiger partial charge in [-0.3, -0.25) is 4.79 Å². The van der Waals surface area contributed by atoms with Gasteiger partial charge in [-0.05, 0) is 55.5 Å². The predicted molar refractivity (Wildman–Crippen MR) is 80.3 cm³/mol. The summed E-state index contributed by atoms with van der Waals surface area (Å²) >= 11 is 7.45. The van der Waals surface area contributed by atoms with E-state index in [1.807, 2.05) is 6.07 Å². The molecule has 1 amide bonds. The molecule has 0 atom stereocenters. The maximum Gasteiger partial charge on any atom is 0.265 e. The molecular formula is C15H13ClFNOS. The highest BCUT2D eigenvalue weighted by molar-refractivity contribution is 7.14. The van der Waals surface area contributed by atoms with Crippen LogP contribution in [0.15, 0.2) is 24.3 Å². The fourth-order valence-corrected chi connectivity index (χ4v) is 3.74. The van der Waals surface area contributed by atoms with Gasteiger partial charge in [-0.25, -0.2) is 4.39 Å². The van der Waals surface area contributed by atoms with E-state index in [1.54, 1.807) is 11.3 Å². The summed E-state index contributed by atoms with van der Waals surface area (Å²) in [4.78, 5) is 14.2. The molecule has 0 radical (unpaired) electrons. The molecule has 0 aliphatic heterocycles. The van der Waals surface area contributed by atoms with Gasteiger partial charge in [0.05, 0.1) is 15.6 Å². The minimum atomic E-state index is -0.417. The van der Waals surface area contributed by atoms with Crippen molar-refractivity contribution in [3.05, 3.63) is 50.4 Å². The van der Waals surface area contributed by atoms with Crippen LogP contribution in [0.1, 0.15) is 33.0 Å². The number of anilines is 1. The van der Waals surface area contributed by atoms with E-state index in [0.717, 1.165) is 12.8 Å². The lowest BCUT2D eigenvalue weighted by molar-refractivity contribution is 0.103.